The molecule has 0 saturated heterocycles. The number of quaternary nitrogens is 1. The summed E-state index contributed by atoms with van der Waals surface area (Å²) in [5.41, 5.74) is 3.51. The number of halogens is 1. The summed E-state index contributed by atoms with van der Waals surface area (Å²) in [6.45, 7) is 7.69. The highest BCUT2D eigenvalue weighted by Gasteiger charge is 2.25. The van der Waals surface area contributed by atoms with E-state index in [-0.39, 0.29) is 22.9 Å². The maximum absolute atomic E-state index is 10.4. The summed E-state index contributed by atoms with van der Waals surface area (Å²) in [6.07, 6.45) is 1.02. The molecule has 3 heteroatoms. The van der Waals surface area contributed by atoms with E-state index in [1.807, 2.05) is 18.2 Å². The number of benzene rings is 2. The van der Waals surface area contributed by atoms with Gasteiger partial charge in [-0.1, -0.05) is 48.0 Å². The topological polar surface area (TPSA) is 20.2 Å². The van der Waals surface area contributed by atoms with Gasteiger partial charge in [0.2, 0.25) is 0 Å². The summed E-state index contributed by atoms with van der Waals surface area (Å²) in [5, 5.41) is 10.4. The van der Waals surface area contributed by atoms with Crippen LogP contribution in [0.25, 0.3) is 0 Å². The van der Waals surface area contributed by atoms with Crippen LogP contribution in [-0.4, -0.2) is 36.3 Å². The number of nitrogens with zero attached hydrogens (tertiary/aromatic N) is 1. The molecular weight excluding hydrogens is 362 g/mol. The number of aryl methyl sites for hydroxylation is 1. The Morgan fingerprint density at radius 3 is 2.21 bits per heavy atom. The fraction of sp³-hybridized carbons (Fsp3) is 0.429. The molecule has 0 fully saturated rings. The fourth-order valence-electron chi connectivity index (χ4n) is 2.86. The molecule has 0 spiro atoms. The Hall–Kier alpha value is -1.32. The van der Waals surface area contributed by atoms with Crippen molar-refractivity contribution in [3.63, 3.8) is 0 Å². The first-order valence-corrected chi connectivity index (χ1v) is 8.48. The lowest BCUT2D eigenvalue weighted by Gasteiger charge is -2.35. The molecule has 0 aliphatic rings. The lowest BCUT2D eigenvalue weighted by atomic mass is 9.86. The van der Waals surface area contributed by atoms with Crippen molar-refractivity contribution in [1.82, 2.24) is 0 Å². The highest BCUT2D eigenvalue weighted by molar-refractivity contribution is 5.43. The van der Waals surface area contributed by atoms with Crippen LogP contribution < -0.4 is 17.0 Å². The van der Waals surface area contributed by atoms with E-state index in [1.54, 1.807) is 0 Å². The molecule has 1 atom stereocenters. The summed E-state index contributed by atoms with van der Waals surface area (Å²) < 4.78 is 0.982. The summed E-state index contributed by atoms with van der Waals surface area (Å²) in [6, 6.07) is 17.0. The largest absolute Gasteiger partial charge is 1.00 e. The highest BCUT2D eigenvalue weighted by Crippen LogP contribution is 2.35. The van der Waals surface area contributed by atoms with Gasteiger partial charge in [-0.25, -0.2) is 0 Å². The molecule has 0 aliphatic heterocycles. The minimum atomic E-state index is 0. The maximum Gasteiger partial charge on any atom is 0.119 e. The Bertz CT molecular complexity index is 638. The zero-order valence-electron chi connectivity index (χ0n) is 15.5. The second kappa shape index (κ2) is 8.68. The molecule has 132 valence electrons. The Labute approximate surface area is 157 Å². The molecule has 0 aliphatic carbocycles. The van der Waals surface area contributed by atoms with Gasteiger partial charge in [-0.05, 0) is 32.4 Å². The van der Waals surface area contributed by atoms with E-state index in [0.717, 1.165) is 23.0 Å². The minimum Gasteiger partial charge on any atom is -1.00 e. The standard InChI is InChI=1S/C21H29NO.BrH/c1-16(2)22(4,5)14-13-19(18-9-7-6-8-10-18)20-15-17(3)11-12-21(20)23;/h6-12,15-16,19H,13-14H2,1-5H3;1H/t19-;/m1./s1. The molecule has 2 nitrogen and oxygen atoms in total. The quantitative estimate of drug-likeness (QED) is 0.743. The molecule has 1 N–H and O–H groups in total. The molecule has 0 radical (unpaired) electrons. The van der Waals surface area contributed by atoms with Crippen molar-refractivity contribution in [2.24, 2.45) is 0 Å². The van der Waals surface area contributed by atoms with E-state index >= 15 is 0 Å². The normalized spacial score (nSPS) is 12.8. The van der Waals surface area contributed by atoms with Gasteiger partial charge < -0.3 is 26.6 Å². The van der Waals surface area contributed by atoms with Crippen molar-refractivity contribution in [1.29, 1.82) is 0 Å². The Morgan fingerprint density at radius 2 is 1.62 bits per heavy atom. The van der Waals surface area contributed by atoms with Crippen molar-refractivity contribution < 1.29 is 26.6 Å². The number of phenols is 1. The van der Waals surface area contributed by atoms with Crippen molar-refractivity contribution in [2.45, 2.75) is 39.2 Å². The van der Waals surface area contributed by atoms with Crippen LogP contribution >= 0.6 is 0 Å². The molecular formula is C21H30BrNO. The number of hydrogen-bond acceptors (Lipinski definition) is 1. The third kappa shape index (κ3) is 5.09. The van der Waals surface area contributed by atoms with Gasteiger partial charge in [0.1, 0.15) is 5.75 Å². The Balaban J connectivity index is 0.00000288. The zero-order valence-corrected chi connectivity index (χ0v) is 17.0. The van der Waals surface area contributed by atoms with Crippen molar-refractivity contribution in [3.05, 3.63) is 65.2 Å². The Morgan fingerprint density at radius 1 is 1.00 bits per heavy atom. The van der Waals surface area contributed by atoms with Crippen LogP contribution in [0.15, 0.2) is 48.5 Å². The zero-order chi connectivity index (χ0) is 17.0. The predicted octanol–water partition coefficient (Wildman–Crippen LogP) is 1.71. The van der Waals surface area contributed by atoms with E-state index < -0.39 is 0 Å². The smallest absolute Gasteiger partial charge is 0.119 e. The molecule has 0 bridgehead atoms. The van der Waals surface area contributed by atoms with Crippen molar-refractivity contribution in [2.75, 3.05) is 20.6 Å². The fourth-order valence-corrected chi connectivity index (χ4v) is 2.86. The number of hydrogen-bond donors (Lipinski definition) is 1. The van der Waals surface area contributed by atoms with Gasteiger partial charge in [0.15, 0.2) is 0 Å². The predicted molar refractivity (Wildman–Crippen MR) is 97.9 cm³/mol. The molecule has 0 aromatic heterocycles. The maximum atomic E-state index is 10.4. The molecule has 2 rings (SSSR count). The van der Waals surface area contributed by atoms with E-state index in [9.17, 15) is 5.11 Å². The average molecular weight is 392 g/mol. The van der Waals surface area contributed by atoms with Crippen LogP contribution in [0.5, 0.6) is 5.75 Å². The molecule has 2 aromatic carbocycles. The summed E-state index contributed by atoms with van der Waals surface area (Å²) in [4.78, 5) is 0. The molecule has 0 amide bonds. The van der Waals surface area contributed by atoms with E-state index in [0.29, 0.717) is 11.8 Å². The first-order valence-electron chi connectivity index (χ1n) is 8.48. The SMILES string of the molecule is Cc1ccc(O)c([C@H](CC[N+](C)(C)C(C)C)c2ccccc2)c1.[Br-]. The van der Waals surface area contributed by atoms with Crippen LogP contribution in [0.3, 0.4) is 0 Å². The van der Waals surface area contributed by atoms with Gasteiger partial charge in [-0.3, -0.25) is 0 Å². The lowest BCUT2D eigenvalue weighted by molar-refractivity contribution is -0.911. The second-order valence-corrected chi connectivity index (χ2v) is 7.41. The third-order valence-corrected chi connectivity index (χ3v) is 5.15. The summed E-state index contributed by atoms with van der Waals surface area (Å²) in [5.74, 6) is 0.631. The first kappa shape index (κ1) is 20.7. The Kier molecular flexibility index (Phi) is 7.50. The molecule has 2 aromatic rings. The van der Waals surface area contributed by atoms with E-state index in [2.05, 4.69) is 65.2 Å². The van der Waals surface area contributed by atoms with Gasteiger partial charge in [0.05, 0.1) is 26.7 Å². The van der Waals surface area contributed by atoms with E-state index in [4.69, 9.17) is 0 Å². The lowest BCUT2D eigenvalue weighted by Crippen LogP contribution is -3.00. The molecule has 0 heterocycles. The highest BCUT2D eigenvalue weighted by atomic mass is 79.9. The van der Waals surface area contributed by atoms with Gasteiger partial charge in [0, 0.05) is 17.9 Å². The van der Waals surface area contributed by atoms with Crippen LogP contribution in [0.2, 0.25) is 0 Å². The van der Waals surface area contributed by atoms with Gasteiger partial charge in [0.25, 0.3) is 0 Å². The average Bonchev–Trinajstić information content (AvgIpc) is 2.51. The third-order valence-electron chi connectivity index (χ3n) is 5.15. The van der Waals surface area contributed by atoms with Crippen LogP contribution in [0.4, 0.5) is 0 Å². The first-order chi connectivity index (χ1) is 10.8. The molecule has 0 saturated carbocycles. The van der Waals surface area contributed by atoms with E-state index in [1.165, 1.54) is 11.1 Å². The van der Waals surface area contributed by atoms with Gasteiger partial charge >= 0.3 is 0 Å². The summed E-state index contributed by atoms with van der Waals surface area (Å²) in [7, 11) is 4.56. The van der Waals surface area contributed by atoms with Crippen LogP contribution in [0.1, 0.15) is 42.9 Å². The number of aromatic hydroxyl groups is 1. The monoisotopic (exact) mass is 391 g/mol. The number of rotatable bonds is 6. The van der Waals surface area contributed by atoms with Crippen molar-refractivity contribution >= 4 is 0 Å². The van der Waals surface area contributed by atoms with Gasteiger partial charge in [-0.2, -0.15) is 0 Å². The van der Waals surface area contributed by atoms with Gasteiger partial charge in [-0.15, -0.1) is 0 Å². The molecule has 24 heavy (non-hydrogen) atoms. The summed E-state index contributed by atoms with van der Waals surface area (Å²) >= 11 is 0. The van der Waals surface area contributed by atoms with Crippen LogP contribution in [0, 0.1) is 6.92 Å². The molecule has 0 unspecified atom stereocenters. The number of phenolic OH excluding ortho intramolecular Hbond substituents is 1. The van der Waals surface area contributed by atoms with Crippen molar-refractivity contribution in [3.8, 4) is 5.75 Å². The van der Waals surface area contributed by atoms with Crippen LogP contribution in [-0.2, 0) is 0 Å². The minimum absolute atomic E-state index is 0. The second-order valence-electron chi connectivity index (χ2n) is 7.41.